The first kappa shape index (κ1) is 22.4. The van der Waals surface area contributed by atoms with Crippen LogP contribution in [0.15, 0.2) is 23.1 Å². The van der Waals surface area contributed by atoms with Crippen molar-refractivity contribution in [2.24, 2.45) is 5.73 Å². The topological polar surface area (TPSA) is 83.7 Å². The molecule has 1 atom stereocenters. The fourth-order valence-electron chi connectivity index (χ4n) is 2.74. The largest absolute Gasteiger partial charge is 0.416 e. The maximum absolute atomic E-state index is 13.0. The summed E-state index contributed by atoms with van der Waals surface area (Å²) >= 11 is 0. The van der Waals surface area contributed by atoms with Gasteiger partial charge in [-0.05, 0) is 25.1 Å². The van der Waals surface area contributed by atoms with E-state index < -0.39 is 50.3 Å². The van der Waals surface area contributed by atoms with Crippen molar-refractivity contribution in [1.29, 1.82) is 0 Å². The normalized spacial score (nSPS) is 18.8. The summed E-state index contributed by atoms with van der Waals surface area (Å²) in [7, 11) is -4.61. The number of piperazine rings is 1. The number of carbonyl (C=O) groups is 1. The highest BCUT2D eigenvalue weighted by molar-refractivity contribution is 7.89. The first-order valence-corrected chi connectivity index (χ1v) is 9.41. The number of benzene rings is 1. The van der Waals surface area contributed by atoms with Gasteiger partial charge in [0.2, 0.25) is 15.9 Å². The lowest BCUT2D eigenvalue weighted by molar-refractivity contribution is -0.143. The van der Waals surface area contributed by atoms with Crippen molar-refractivity contribution in [2.45, 2.75) is 30.2 Å². The molecule has 1 fully saturated rings. The number of primary amides is 1. The van der Waals surface area contributed by atoms with Gasteiger partial charge in [-0.3, -0.25) is 9.69 Å². The van der Waals surface area contributed by atoms with Crippen LogP contribution in [0.1, 0.15) is 18.1 Å². The lowest BCUT2D eigenvalue weighted by Crippen LogP contribution is -2.54. The number of rotatable bonds is 4. The highest BCUT2D eigenvalue weighted by atomic mass is 32.2. The Morgan fingerprint density at radius 3 is 1.75 bits per heavy atom. The second-order valence-corrected chi connectivity index (χ2v) is 8.20. The van der Waals surface area contributed by atoms with Gasteiger partial charge in [0, 0.05) is 26.2 Å². The van der Waals surface area contributed by atoms with Gasteiger partial charge in [0.15, 0.2) is 0 Å². The van der Waals surface area contributed by atoms with E-state index in [4.69, 9.17) is 5.73 Å². The van der Waals surface area contributed by atoms with Crippen LogP contribution in [0.4, 0.5) is 26.3 Å². The van der Waals surface area contributed by atoms with E-state index in [2.05, 4.69) is 0 Å². The van der Waals surface area contributed by atoms with Crippen LogP contribution in [0.2, 0.25) is 0 Å². The number of halogens is 6. The summed E-state index contributed by atoms with van der Waals surface area (Å²) in [4.78, 5) is 11.7. The van der Waals surface area contributed by atoms with E-state index >= 15 is 0 Å². The summed E-state index contributed by atoms with van der Waals surface area (Å²) in [6.07, 6.45) is -10.3. The fraction of sp³-hybridized carbons (Fsp3) is 0.533. The molecule has 158 valence electrons. The molecule has 1 aromatic rings. The maximum Gasteiger partial charge on any atom is 0.416 e. The lowest BCUT2D eigenvalue weighted by atomic mass is 10.1. The average molecular weight is 433 g/mol. The molecule has 0 radical (unpaired) electrons. The number of nitrogens with two attached hydrogens (primary N) is 1. The minimum atomic E-state index is -5.15. The van der Waals surface area contributed by atoms with E-state index in [0.29, 0.717) is 0 Å². The molecule has 0 spiro atoms. The number of hydrogen-bond donors (Lipinski definition) is 1. The summed E-state index contributed by atoms with van der Waals surface area (Å²) in [5.74, 6) is -0.635. The number of hydrogen-bond acceptors (Lipinski definition) is 4. The SMILES string of the molecule is CC(C(N)=O)N1CCN(S(=O)(=O)c2cc(C(F)(F)F)cc(C(F)(F)F)c2)CC1. The number of carbonyl (C=O) groups excluding carboxylic acids is 1. The van der Waals surface area contributed by atoms with E-state index in [-0.39, 0.29) is 44.4 Å². The molecule has 0 bridgehead atoms. The average Bonchev–Trinajstić information content (AvgIpc) is 2.59. The Morgan fingerprint density at radius 2 is 1.39 bits per heavy atom. The van der Waals surface area contributed by atoms with Crippen molar-refractivity contribution in [3.63, 3.8) is 0 Å². The molecule has 28 heavy (non-hydrogen) atoms. The highest BCUT2D eigenvalue weighted by Gasteiger charge is 2.39. The number of amides is 1. The van der Waals surface area contributed by atoms with Crippen molar-refractivity contribution >= 4 is 15.9 Å². The Morgan fingerprint density at radius 1 is 0.964 bits per heavy atom. The van der Waals surface area contributed by atoms with Gasteiger partial charge in [0.1, 0.15) is 0 Å². The Balaban J connectivity index is 2.37. The molecule has 1 aliphatic rings. The van der Waals surface area contributed by atoms with Crippen molar-refractivity contribution < 1.29 is 39.6 Å². The number of nitrogens with zero attached hydrogens (tertiary/aromatic N) is 2. The zero-order chi connectivity index (χ0) is 21.5. The van der Waals surface area contributed by atoms with Gasteiger partial charge in [-0.25, -0.2) is 8.42 Å². The smallest absolute Gasteiger partial charge is 0.368 e. The number of alkyl halides is 6. The molecule has 1 aromatic carbocycles. The third kappa shape index (κ3) is 4.75. The molecule has 1 heterocycles. The van der Waals surface area contributed by atoms with Gasteiger partial charge < -0.3 is 5.73 Å². The van der Waals surface area contributed by atoms with Gasteiger partial charge in [0.05, 0.1) is 22.1 Å². The zero-order valence-electron chi connectivity index (χ0n) is 14.5. The fourth-order valence-corrected chi connectivity index (χ4v) is 4.23. The summed E-state index contributed by atoms with van der Waals surface area (Å²) in [5.41, 5.74) is 1.75. The Bertz CT molecular complexity index is 813. The van der Waals surface area contributed by atoms with Crippen LogP contribution in [-0.2, 0) is 27.2 Å². The molecule has 1 amide bonds. The second-order valence-electron chi connectivity index (χ2n) is 6.26. The molecule has 2 N–H and O–H groups in total. The summed E-state index contributed by atoms with van der Waals surface area (Å²) in [5, 5.41) is 0. The standard InChI is InChI=1S/C15H17F6N3O3S/c1-9(13(22)25)23-2-4-24(5-3-23)28(26,27)12-7-10(14(16,17)18)6-11(8-12)15(19,20)21/h6-9H,2-5H2,1H3,(H2,22,25). The Kier molecular flexibility index (Phi) is 6.02. The minimum absolute atomic E-state index is 0.0500. The lowest BCUT2D eigenvalue weighted by Gasteiger charge is -2.36. The molecule has 0 saturated carbocycles. The van der Waals surface area contributed by atoms with E-state index in [9.17, 15) is 39.6 Å². The molecule has 13 heteroatoms. The van der Waals surface area contributed by atoms with Crippen molar-refractivity contribution in [3.8, 4) is 0 Å². The third-order valence-electron chi connectivity index (χ3n) is 4.43. The molecule has 2 rings (SSSR count). The van der Waals surface area contributed by atoms with E-state index in [1.54, 1.807) is 4.90 Å². The van der Waals surface area contributed by atoms with Gasteiger partial charge in [0.25, 0.3) is 0 Å². The van der Waals surface area contributed by atoms with Crippen LogP contribution >= 0.6 is 0 Å². The maximum atomic E-state index is 13.0. The first-order chi connectivity index (χ1) is 12.6. The van der Waals surface area contributed by atoms with Gasteiger partial charge in [-0.2, -0.15) is 30.6 Å². The first-order valence-electron chi connectivity index (χ1n) is 7.97. The Labute approximate surface area is 156 Å². The molecular weight excluding hydrogens is 416 g/mol. The number of sulfonamides is 1. The van der Waals surface area contributed by atoms with Crippen LogP contribution in [-0.4, -0.2) is 55.8 Å². The molecule has 0 aromatic heterocycles. The van der Waals surface area contributed by atoms with E-state index in [1.165, 1.54) is 6.92 Å². The minimum Gasteiger partial charge on any atom is -0.368 e. The zero-order valence-corrected chi connectivity index (χ0v) is 15.3. The summed E-state index contributed by atoms with van der Waals surface area (Å²) in [6, 6.07) is -0.451. The molecule has 0 aliphatic carbocycles. The summed E-state index contributed by atoms with van der Waals surface area (Å²) < 4.78 is 104. The molecule has 1 unspecified atom stereocenters. The van der Waals surface area contributed by atoms with Gasteiger partial charge in [-0.15, -0.1) is 0 Å². The second kappa shape index (κ2) is 7.52. The molecule has 1 saturated heterocycles. The molecule has 1 aliphatic heterocycles. The highest BCUT2D eigenvalue weighted by Crippen LogP contribution is 2.37. The van der Waals surface area contributed by atoms with E-state index in [0.717, 1.165) is 4.31 Å². The quantitative estimate of drug-likeness (QED) is 0.736. The van der Waals surface area contributed by atoms with Crippen LogP contribution in [0.3, 0.4) is 0 Å². The molecule has 6 nitrogen and oxygen atoms in total. The molecular formula is C15H17F6N3O3S. The van der Waals surface area contributed by atoms with Gasteiger partial charge in [-0.1, -0.05) is 0 Å². The van der Waals surface area contributed by atoms with Crippen molar-refractivity contribution in [2.75, 3.05) is 26.2 Å². The van der Waals surface area contributed by atoms with Crippen molar-refractivity contribution in [1.82, 2.24) is 9.21 Å². The predicted molar refractivity (Wildman–Crippen MR) is 85.4 cm³/mol. The van der Waals surface area contributed by atoms with Gasteiger partial charge >= 0.3 is 12.4 Å². The van der Waals surface area contributed by atoms with E-state index in [1.807, 2.05) is 0 Å². The Hall–Kier alpha value is -1.86. The monoisotopic (exact) mass is 433 g/mol. The predicted octanol–water partition coefficient (Wildman–Crippen LogP) is 1.90. The van der Waals surface area contributed by atoms with Crippen LogP contribution in [0.5, 0.6) is 0 Å². The summed E-state index contributed by atoms with van der Waals surface area (Å²) in [6.45, 7) is 1.19. The van der Waals surface area contributed by atoms with Crippen LogP contribution in [0.25, 0.3) is 0 Å². The van der Waals surface area contributed by atoms with Crippen molar-refractivity contribution in [3.05, 3.63) is 29.3 Å². The third-order valence-corrected chi connectivity index (χ3v) is 6.31. The van der Waals surface area contributed by atoms with Crippen LogP contribution < -0.4 is 5.73 Å². The van der Waals surface area contributed by atoms with Crippen LogP contribution in [0, 0.1) is 0 Å².